The number of aliphatic hydroxyl groups is 2. The highest BCUT2D eigenvalue weighted by Crippen LogP contribution is 2.56. The molecule has 2 N–H and O–H groups in total. The minimum atomic E-state index is -6.59. The molecule has 0 saturated carbocycles. The Hall–Kier alpha value is -1.22. The summed E-state index contributed by atoms with van der Waals surface area (Å²) in [6.45, 7) is 0.569. The zero-order valence-corrected chi connectivity index (χ0v) is 14.5. The molecule has 0 amide bonds. The Morgan fingerprint density at radius 2 is 0.821 bits per heavy atom. The van der Waals surface area contributed by atoms with Crippen molar-refractivity contribution in [2.24, 2.45) is 0 Å². The average Bonchev–Trinajstić information content (AvgIpc) is 2.42. The second kappa shape index (κ2) is 6.65. The highest BCUT2D eigenvalue weighted by molar-refractivity contribution is 9.10. The Morgan fingerprint density at radius 1 is 0.607 bits per heavy atom. The van der Waals surface area contributed by atoms with E-state index in [1.54, 1.807) is 0 Å². The molecule has 1 aromatic rings. The predicted octanol–water partition coefficient (Wildman–Crippen LogP) is 5.38. The van der Waals surface area contributed by atoms with E-state index in [0.717, 1.165) is 0 Å². The molecule has 0 bridgehead atoms. The third kappa shape index (κ3) is 3.56. The van der Waals surface area contributed by atoms with Crippen molar-refractivity contribution >= 4 is 15.9 Å². The van der Waals surface area contributed by atoms with E-state index in [4.69, 9.17) is 0 Å². The third-order valence-corrected chi connectivity index (χ3v) is 4.49. The first kappa shape index (κ1) is 24.8. The minimum absolute atomic E-state index is 0.109. The molecule has 15 heteroatoms. The average molecular weight is 503 g/mol. The van der Waals surface area contributed by atoms with Crippen LogP contribution in [0.1, 0.15) is 16.7 Å². The van der Waals surface area contributed by atoms with Gasteiger partial charge in [-0.15, -0.1) is 0 Å². The lowest BCUT2D eigenvalue weighted by molar-refractivity contribution is -0.378. The van der Waals surface area contributed by atoms with Crippen molar-refractivity contribution in [3.05, 3.63) is 33.3 Å². The second-order valence-electron chi connectivity index (χ2n) is 5.59. The summed E-state index contributed by atoms with van der Waals surface area (Å²) in [6, 6.07) is -0.219. The van der Waals surface area contributed by atoms with Gasteiger partial charge in [0, 0.05) is 15.6 Å². The summed E-state index contributed by atoms with van der Waals surface area (Å²) in [5, 5.41) is 18.7. The number of hydrogen-bond donors (Lipinski definition) is 2. The van der Waals surface area contributed by atoms with Crippen LogP contribution in [0, 0.1) is 6.92 Å². The molecule has 1 aromatic carbocycles. The second-order valence-corrected chi connectivity index (χ2v) is 6.38. The molecule has 162 valence electrons. The summed E-state index contributed by atoms with van der Waals surface area (Å²) < 4.78 is 154. The summed E-state index contributed by atoms with van der Waals surface area (Å²) in [4.78, 5) is 0. The van der Waals surface area contributed by atoms with Crippen LogP contribution in [0.5, 0.6) is 0 Å². The summed E-state index contributed by atoms with van der Waals surface area (Å²) >= 11 is 1.84. The van der Waals surface area contributed by atoms with Crippen LogP contribution in [-0.4, -0.2) is 34.9 Å². The zero-order chi connectivity index (χ0) is 22.7. The van der Waals surface area contributed by atoms with Crippen molar-refractivity contribution in [2.45, 2.75) is 42.8 Å². The summed E-state index contributed by atoms with van der Waals surface area (Å²) in [5.41, 5.74) is -17.5. The van der Waals surface area contributed by atoms with Gasteiger partial charge in [-0.1, -0.05) is 17.7 Å². The molecule has 28 heavy (non-hydrogen) atoms. The van der Waals surface area contributed by atoms with E-state index in [9.17, 15) is 62.9 Å². The summed E-state index contributed by atoms with van der Waals surface area (Å²) in [7, 11) is 0. The van der Waals surface area contributed by atoms with E-state index in [1.165, 1.54) is 0 Å². The molecule has 0 fully saturated rings. The lowest BCUT2D eigenvalue weighted by atomic mass is 9.84. The van der Waals surface area contributed by atoms with E-state index in [2.05, 4.69) is 0 Å². The van der Waals surface area contributed by atoms with Crippen LogP contribution in [0.3, 0.4) is 0 Å². The Labute approximate surface area is 155 Å². The van der Waals surface area contributed by atoms with Crippen LogP contribution in [0.4, 0.5) is 52.7 Å². The van der Waals surface area contributed by atoms with Crippen LogP contribution in [-0.2, 0) is 11.2 Å². The fraction of sp³-hybridized carbons (Fsp3) is 0.538. The molecule has 0 spiro atoms. The van der Waals surface area contributed by atoms with Gasteiger partial charge in [0.1, 0.15) is 0 Å². The van der Waals surface area contributed by atoms with Crippen molar-refractivity contribution in [1.82, 2.24) is 0 Å². The van der Waals surface area contributed by atoms with Crippen LogP contribution in [0.25, 0.3) is 0 Å². The standard InChI is InChI=1S/C13H7BrF12O2/c1-4-2-5(8(27,10(15,16)17)11(18,19)20)7(14)6(3-4)9(28,12(21,22)23)13(24,25)26/h2-3,27-28H,1H3. The van der Waals surface area contributed by atoms with Gasteiger partial charge in [-0.2, -0.15) is 52.7 Å². The molecule has 0 aliphatic heterocycles. The van der Waals surface area contributed by atoms with Gasteiger partial charge in [0.15, 0.2) is 0 Å². The van der Waals surface area contributed by atoms with Crippen LogP contribution in [0.2, 0.25) is 0 Å². The Balaban J connectivity index is 4.12. The van der Waals surface area contributed by atoms with Crippen LogP contribution in [0.15, 0.2) is 16.6 Å². The zero-order valence-electron chi connectivity index (χ0n) is 13.0. The first-order chi connectivity index (χ1) is 12.0. The molecule has 0 aliphatic rings. The molecule has 0 radical (unpaired) electrons. The topological polar surface area (TPSA) is 40.5 Å². The fourth-order valence-electron chi connectivity index (χ4n) is 2.23. The van der Waals surface area contributed by atoms with Crippen LogP contribution >= 0.6 is 15.9 Å². The smallest absolute Gasteiger partial charge is 0.369 e. The molecule has 0 atom stereocenters. The number of alkyl halides is 12. The first-order valence-corrected chi connectivity index (χ1v) is 7.35. The monoisotopic (exact) mass is 502 g/mol. The molecule has 0 aliphatic carbocycles. The maximum Gasteiger partial charge on any atom is 0.430 e. The SMILES string of the molecule is Cc1cc(C(O)(C(F)(F)F)C(F)(F)F)c(Br)c(C(O)(C(F)(F)F)C(F)(F)F)c1. The van der Waals surface area contributed by atoms with Crippen molar-refractivity contribution in [3.8, 4) is 0 Å². The Bertz CT molecular complexity index is 657. The van der Waals surface area contributed by atoms with Crippen molar-refractivity contribution in [1.29, 1.82) is 0 Å². The third-order valence-electron chi connectivity index (χ3n) is 3.64. The molecule has 0 unspecified atom stereocenters. The lowest BCUT2D eigenvalue weighted by Crippen LogP contribution is -2.56. The highest BCUT2D eigenvalue weighted by atomic mass is 79.9. The van der Waals surface area contributed by atoms with Crippen molar-refractivity contribution in [3.63, 3.8) is 0 Å². The number of halogens is 13. The predicted molar refractivity (Wildman–Crippen MR) is 70.9 cm³/mol. The van der Waals surface area contributed by atoms with Gasteiger partial charge in [-0.05, 0) is 22.9 Å². The number of benzene rings is 1. The fourth-order valence-corrected chi connectivity index (χ4v) is 3.03. The molecular weight excluding hydrogens is 496 g/mol. The van der Waals surface area contributed by atoms with E-state index >= 15 is 0 Å². The minimum Gasteiger partial charge on any atom is -0.369 e. The normalized spacial score (nSPS) is 15.1. The Morgan fingerprint density at radius 3 is 1.00 bits per heavy atom. The lowest BCUT2D eigenvalue weighted by Gasteiger charge is -2.37. The van der Waals surface area contributed by atoms with Gasteiger partial charge in [0.25, 0.3) is 11.2 Å². The van der Waals surface area contributed by atoms with Crippen molar-refractivity contribution in [2.75, 3.05) is 0 Å². The quantitative estimate of drug-likeness (QED) is 0.533. The highest BCUT2D eigenvalue weighted by Gasteiger charge is 2.75. The first-order valence-electron chi connectivity index (χ1n) is 6.56. The molecule has 0 heterocycles. The van der Waals surface area contributed by atoms with Gasteiger partial charge in [0.2, 0.25) is 0 Å². The van der Waals surface area contributed by atoms with E-state index in [1.807, 2.05) is 15.9 Å². The van der Waals surface area contributed by atoms with E-state index in [-0.39, 0.29) is 12.1 Å². The van der Waals surface area contributed by atoms with Gasteiger partial charge < -0.3 is 10.2 Å². The van der Waals surface area contributed by atoms with E-state index in [0.29, 0.717) is 6.92 Å². The molecule has 2 nitrogen and oxygen atoms in total. The Kier molecular flexibility index (Phi) is 5.90. The van der Waals surface area contributed by atoms with Crippen molar-refractivity contribution < 1.29 is 62.9 Å². The molecular formula is C13H7BrF12O2. The van der Waals surface area contributed by atoms with Gasteiger partial charge in [-0.3, -0.25) is 0 Å². The summed E-state index contributed by atoms with van der Waals surface area (Å²) in [6.07, 6.45) is -26.4. The maximum atomic E-state index is 13.0. The van der Waals surface area contributed by atoms with E-state index < -0.39 is 57.1 Å². The molecule has 0 aromatic heterocycles. The van der Waals surface area contributed by atoms with Gasteiger partial charge >= 0.3 is 24.7 Å². The number of aryl methyl sites for hydroxylation is 1. The largest absolute Gasteiger partial charge is 0.430 e. The van der Waals surface area contributed by atoms with Gasteiger partial charge in [-0.25, -0.2) is 0 Å². The van der Waals surface area contributed by atoms with Crippen LogP contribution < -0.4 is 0 Å². The molecule has 0 saturated heterocycles. The van der Waals surface area contributed by atoms with Gasteiger partial charge in [0.05, 0.1) is 0 Å². The maximum absolute atomic E-state index is 13.0. The summed E-state index contributed by atoms with van der Waals surface area (Å²) in [5.74, 6) is 0. The molecule has 1 rings (SSSR count). The number of rotatable bonds is 2. The number of hydrogen-bond acceptors (Lipinski definition) is 2.